The topological polar surface area (TPSA) is 58.9 Å². The maximum absolute atomic E-state index is 8.44. The number of hydrogen-bond donors (Lipinski definition) is 1. The van der Waals surface area contributed by atoms with E-state index in [1.165, 1.54) is 0 Å². The molecule has 1 aromatic heterocycles. The van der Waals surface area contributed by atoms with E-state index in [0.29, 0.717) is 6.42 Å². The number of nitrogens with zero attached hydrogens (tertiary/aromatic N) is 3. The van der Waals surface area contributed by atoms with Crippen LogP contribution in [0.2, 0.25) is 0 Å². The second-order valence-electron chi connectivity index (χ2n) is 1.63. The lowest BCUT2D eigenvalue weighted by molar-refractivity contribution is 0.299. The van der Waals surface area contributed by atoms with E-state index >= 15 is 0 Å². The molecule has 0 spiro atoms. The molecule has 0 aliphatic rings. The Morgan fingerprint density at radius 2 is 2.00 bits per heavy atom. The maximum atomic E-state index is 8.44. The van der Waals surface area contributed by atoms with Crippen LogP contribution in [0.1, 0.15) is 5.56 Å². The summed E-state index contributed by atoms with van der Waals surface area (Å²) in [6, 6.07) is 0. The van der Waals surface area contributed by atoms with Crippen LogP contribution in [0.15, 0.2) is 12.4 Å². The third-order valence-corrected chi connectivity index (χ3v) is 0.951. The van der Waals surface area contributed by atoms with Crippen molar-refractivity contribution in [3.63, 3.8) is 0 Å². The summed E-state index contributed by atoms with van der Waals surface area (Å²) in [5, 5.41) is 18.9. The summed E-state index contributed by atoms with van der Waals surface area (Å²) in [5.74, 6) is 0. The Balaban J connectivity index is 2.61. The van der Waals surface area contributed by atoms with Gasteiger partial charge in [-0.25, -0.2) is 0 Å². The molecule has 9 heavy (non-hydrogen) atoms. The van der Waals surface area contributed by atoms with E-state index in [1.54, 1.807) is 12.4 Å². The predicted molar refractivity (Wildman–Crippen MR) is 30.6 cm³/mol. The van der Waals surface area contributed by atoms with Crippen molar-refractivity contribution in [2.75, 3.05) is 6.61 Å². The molecule has 0 saturated heterocycles. The minimum Gasteiger partial charge on any atom is -0.396 e. The van der Waals surface area contributed by atoms with Crippen molar-refractivity contribution < 1.29 is 5.11 Å². The summed E-state index contributed by atoms with van der Waals surface area (Å²) in [4.78, 5) is 0. The van der Waals surface area contributed by atoms with Gasteiger partial charge in [0, 0.05) is 6.61 Å². The smallest absolute Gasteiger partial charge is 0.0562 e. The third kappa shape index (κ3) is 1.73. The third-order valence-electron chi connectivity index (χ3n) is 0.951. The van der Waals surface area contributed by atoms with E-state index in [4.69, 9.17) is 5.11 Å². The molecular weight excluding hydrogens is 118 g/mol. The predicted octanol–water partition coefficient (Wildman–Crippen LogP) is -0.594. The van der Waals surface area contributed by atoms with E-state index in [-0.39, 0.29) is 6.61 Å². The summed E-state index contributed by atoms with van der Waals surface area (Å²) < 4.78 is 0. The Morgan fingerprint density at radius 3 is 2.56 bits per heavy atom. The van der Waals surface area contributed by atoms with Crippen LogP contribution in [-0.2, 0) is 6.42 Å². The minimum atomic E-state index is 0.132. The Morgan fingerprint density at radius 1 is 1.33 bits per heavy atom. The molecule has 0 aromatic carbocycles. The van der Waals surface area contributed by atoms with Crippen LogP contribution in [0.25, 0.3) is 0 Å². The highest BCUT2D eigenvalue weighted by atomic mass is 16.2. The summed E-state index contributed by atoms with van der Waals surface area (Å²) in [7, 11) is 0. The molecule has 0 amide bonds. The SMILES string of the molecule is OCCc1cnnnc1. The molecule has 4 nitrogen and oxygen atoms in total. The van der Waals surface area contributed by atoms with Gasteiger partial charge in [-0.15, -0.1) is 10.2 Å². The maximum Gasteiger partial charge on any atom is 0.0562 e. The lowest BCUT2D eigenvalue weighted by Crippen LogP contribution is -1.94. The van der Waals surface area contributed by atoms with E-state index in [2.05, 4.69) is 15.4 Å². The van der Waals surface area contributed by atoms with Crippen LogP contribution in [0.5, 0.6) is 0 Å². The number of hydrogen-bond acceptors (Lipinski definition) is 4. The average molecular weight is 125 g/mol. The molecule has 0 radical (unpaired) electrons. The van der Waals surface area contributed by atoms with Gasteiger partial charge in [0.2, 0.25) is 0 Å². The zero-order valence-electron chi connectivity index (χ0n) is 4.86. The highest BCUT2D eigenvalue weighted by Crippen LogP contribution is 1.90. The lowest BCUT2D eigenvalue weighted by atomic mass is 10.3. The van der Waals surface area contributed by atoms with Gasteiger partial charge in [0.15, 0.2) is 0 Å². The largest absolute Gasteiger partial charge is 0.396 e. The van der Waals surface area contributed by atoms with Gasteiger partial charge in [-0.05, 0) is 17.2 Å². The van der Waals surface area contributed by atoms with Crippen LogP contribution in [0.3, 0.4) is 0 Å². The highest BCUT2D eigenvalue weighted by Gasteiger charge is 1.88. The normalized spacial score (nSPS) is 9.44. The Bertz CT molecular complexity index is 165. The molecule has 48 valence electrons. The fraction of sp³-hybridized carbons (Fsp3) is 0.400. The van der Waals surface area contributed by atoms with Gasteiger partial charge >= 0.3 is 0 Å². The van der Waals surface area contributed by atoms with Gasteiger partial charge in [-0.2, -0.15) is 0 Å². The average Bonchev–Trinajstić information content (AvgIpc) is 1.91. The van der Waals surface area contributed by atoms with Gasteiger partial charge in [0.05, 0.1) is 12.4 Å². The first-order chi connectivity index (χ1) is 4.43. The van der Waals surface area contributed by atoms with Crippen LogP contribution >= 0.6 is 0 Å². The summed E-state index contributed by atoms with van der Waals surface area (Å²) in [6.07, 6.45) is 3.77. The van der Waals surface area contributed by atoms with Crippen LogP contribution in [-0.4, -0.2) is 27.1 Å². The van der Waals surface area contributed by atoms with Gasteiger partial charge in [-0.1, -0.05) is 0 Å². The van der Waals surface area contributed by atoms with E-state index in [1.807, 2.05) is 0 Å². The van der Waals surface area contributed by atoms with E-state index < -0.39 is 0 Å². The van der Waals surface area contributed by atoms with E-state index in [9.17, 15) is 0 Å². The van der Waals surface area contributed by atoms with Crippen molar-refractivity contribution in [2.45, 2.75) is 6.42 Å². The first kappa shape index (κ1) is 6.10. The summed E-state index contributed by atoms with van der Waals surface area (Å²) >= 11 is 0. The van der Waals surface area contributed by atoms with Crippen molar-refractivity contribution >= 4 is 0 Å². The van der Waals surface area contributed by atoms with Crippen LogP contribution < -0.4 is 0 Å². The second kappa shape index (κ2) is 3.09. The van der Waals surface area contributed by atoms with Crippen molar-refractivity contribution in [1.82, 2.24) is 15.4 Å². The number of aliphatic hydroxyl groups is 1. The molecule has 0 bridgehead atoms. The fourth-order valence-electron chi connectivity index (χ4n) is 0.521. The fourth-order valence-corrected chi connectivity index (χ4v) is 0.521. The number of aromatic nitrogens is 3. The molecular formula is C5H7N3O. The van der Waals surface area contributed by atoms with Gasteiger partial charge in [0.1, 0.15) is 0 Å². The monoisotopic (exact) mass is 125 g/mol. The molecule has 0 atom stereocenters. The quantitative estimate of drug-likeness (QED) is 0.573. The standard InChI is InChI=1S/C5H7N3O/c9-2-1-5-3-6-8-7-4-5/h3-4,9H,1-2H2. The van der Waals surface area contributed by atoms with Crippen molar-refractivity contribution in [3.8, 4) is 0 Å². The molecule has 0 unspecified atom stereocenters. The molecule has 0 saturated carbocycles. The highest BCUT2D eigenvalue weighted by molar-refractivity contribution is 5.00. The molecule has 0 aliphatic carbocycles. The molecule has 0 aliphatic heterocycles. The Hall–Kier alpha value is -1.03. The van der Waals surface area contributed by atoms with Crippen molar-refractivity contribution in [2.24, 2.45) is 0 Å². The van der Waals surface area contributed by atoms with Crippen LogP contribution in [0.4, 0.5) is 0 Å². The first-order valence-electron chi connectivity index (χ1n) is 2.66. The number of rotatable bonds is 2. The minimum absolute atomic E-state index is 0.132. The van der Waals surface area contributed by atoms with Crippen molar-refractivity contribution in [1.29, 1.82) is 0 Å². The van der Waals surface area contributed by atoms with Gasteiger partial charge in [-0.3, -0.25) is 0 Å². The summed E-state index contributed by atoms with van der Waals surface area (Å²) in [6.45, 7) is 0.132. The molecule has 1 N–H and O–H groups in total. The molecule has 4 heteroatoms. The summed E-state index contributed by atoms with van der Waals surface area (Å²) in [5.41, 5.74) is 0.910. The second-order valence-corrected chi connectivity index (χ2v) is 1.63. The van der Waals surface area contributed by atoms with Gasteiger partial charge in [0.25, 0.3) is 0 Å². The van der Waals surface area contributed by atoms with Crippen molar-refractivity contribution in [3.05, 3.63) is 18.0 Å². The Labute approximate surface area is 52.6 Å². The zero-order chi connectivity index (χ0) is 6.53. The molecule has 1 rings (SSSR count). The first-order valence-corrected chi connectivity index (χ1v) is 2.66. The Kier molecular flexibility index (Phi) is 2.09. The molecule has 1 heterocycles. The van der Waals surface area contributed by atoms with E-state index in [0.717, 1.165) is 5.56 Å². The molecule has 0 fully saturated rings. The zero-order valence-corrected chi connectivity index (χ0v) is 4.86. The molecule has 1 aromatic rings. The van der Waals surface area contributed by atoms with Gasteiger partial charge < -0.3 is 5.11 Å². The number of aliphatic hydroxyl groups excluding tert-OH is 1. The van der Waals surface area contributed by atoms with Crippen LogP contribution in [0, 0.1) is 0 Å². The lowest BCUT2D eigenvalue weighted by Gasteiger charge is -1.90.